The molecule has 72 valence electrons. The first-order chi connectivity index (χ1) is 5.52. The first kappa shape index (κ1) is 10.0. The van der Waals surface area contributed by atoms with E-state index in [2.05, 4.69) is 26.1 Å². The van der Waals surface area contributed by atoms with E-state index in [1.165, 1.54) is 12.8 Å². The molecular formula is C10H21NO. The highest BCUT2D eigenvalue weighted by Gasteiger charge is 2.41. The van der Waals surface area contributed by atoms with Gasteiger partial charge in [-0.2, -0.15) is 0 Å². The smallest absolute Gasteiger partial charge is 0.0688 e. The average molecular weight is 171 g/mol. The molecule has 1 aliphatic rings. The van der Waals surface area contributed by atoms with Gasteiger partial charge in [0.2, 0.25) is 0 Å². The van der Waals surface area contributed by atoms with Crippen molar-refractivity contribution >= 4 is 0 Å². The summed E-state index contributed by atoms with van der Waals surface area (Å²) in [5.74, 6) is 0. The van der Waals surface area contributed by atoms with E-state index in [0.29, 0.717) is 5.41 Å². The van der Waals surface area contributed by atoms with Crippen molar-refractivity contribution in [1.29, 1.82) is 0 Å². The highest BCUT2D eigenvalue weighted by atomic mass is 16.5. The maximum absolute atomic E-state index is 5.54. The van der Waals surface area contributed by atoms with E-state index in [-0.39, 0.29) is 5.60 Å². The second kappa shape index (κ2) is 3.35. The van der Waals surface area contributed by atoms with Crippen molar-refractivity contribution in [1.82, 2.24) is 5.32 Å². The maximum atomic E-state index is 5.54. The van der Waals surface area contributed by atoms with Gasteiger partial charge in [-0.1, -0.05) is 6.92 Å². The minimum absolute atomic E-state index is 0.0135. The number of ether oxygens (including phenoxy) is 1. The summed E-state index contributed by atoms with van der Waals surface area (Å²) in [5, 5.41) is 3.44. The molecule has 0 aromatic rings. The SMILES string of the molecule is COC(C)(C)C1(C)CCCNC1. The molecule has 0 bridgehead atoms. The molecule has 0 amide bonds. The van der Waals surface area contributed by atoms with Crippen LogP contribution in [-0.2, 0) is 4.74 Å². The van der Waals surface area contributed by atoms with E-state index in [1.54, 1.807) is 7.11 Å². The molecule has 1 heterocycles. The monoisotopic (exact) mass is 171 g/mol. The van der Waals surface area contributed by atoms with E-state index in [0.717, 1.165) is 13.1 Å². The van der Waals surface area contributed by atoms with E-state index < -0.39 is 0 Å². The van der Waals surface area contributed by atoms with E-state index in [4.69, 9.17) is 4.74 Å². The molecule has 1 rings (SSSR count). The fourth-order valence-electron chi connectivity index (χ4n) is 1.82. The fraction of sp³-hybridized carbons (Fsp3) is 1.00. The quantitative estimate of drug-likeness (QED) is 0.684. The third kappa shape index (κ3) is 1.64. The molecule has 1 unspecified atom stereocenters. The number of hydrogen-bond acceptors (Lipinski definition) is 2. The third-order valence-corrected chi connectivity index (χ3v) is 3.56. The predicted octanol–water partition coefficient (Wildman–Crippen LogP) is 1.80. The van der Waals surface area contributed by atoms with Crippen molar-refractivity contribution < 1.29 is 4.74 Å². The van der Waals surface area contributed by atoms with Gasteiger partial charge < -0.3 is 10.1 Å². The van der Waals surface area contributed by atoms with Gasteiger partial charge in [0.25, 0.3) is 0 Å². The van der Waals surface area contributed by atoms with Crippen LogP contribution in [0, 0.1) is 5.41 Å². The molecule has 0 aromatic carbocycles. The topological polar surface area (TPSA) is 21.3 Å². The van der Waals surface area contributed by atoms with Gasteiger partial charge in [-0.05, 0) is 33.2 Å². The predicted molar refractivity (Wildman–Crippen MR) is 51.3 cm³/mol. The minimum atomic E-state index is -0.0135. The molecule has 0 saturated carbocycles. The Morgan fingerprint density at radius 3 is 2.50 bits per heavy atom. The molecule has 0 aromatic heterocycles. The number of rotatable bonds is 2. The Kier molecular flexibility index (Phi) is 2.79. The summed E-state index contributed by atoms with van der Waals surface area (Å²) >= 11 is 0. The molecular weight excluding hydrogens is 150 g/mol. The minimum Gasteiger partial charge on any atom is -0.378 e. The van der Waals surface area contributed by atoms with Crippen LogP contribution < -0.4 is 5.32 Å². The Hall–Kier alpha value is -0.0800. The lowest BCUT2D eigenvalue weighted by Crippen LogP contribution is -2.52. The molecule has 1 atom stereocenters. The molecule has 2 heteroatoms. The molecule has 1 N–H and O–H groups in total. The molecule has 1 fully saturated rings. The zero-order chi connectivity index (χ0) is 9.24. The third-order valence-electron chi connectivity index (χ3n) is 3.56. The molecule has 0 radical (unpaired) electrons. The van der Waals surface area contributed by atoms with E-state index in [9.17, 15) is 0 Å². The number of methoxy groups -OCH3 is 1. The van der Waals surface area contributed by atoms with Crippen molar-refractivity contribution in [3.8, 4) is 0 Å². The standard InChI is InChI=1S/C10H21NO/c1-9(2,12-4)10(3)6-5-7-11-8-10/h11H,5-8H2,1-4H3. The Morgan fingerprint density at radius 2 is 2.08 bits per heavy atom. The van der Waals surface area contributed by atoms with Crippen molar-refractivity contribution in [2.75, 3.05) is 20.2 Å². The largest absolute Gasteiger partial charge is 0.378 e. The van der Waals surface area contributed by atoms with Gasteiger partial charge in [-0.25, -0.2) is 0 Å². The van der Waals surface area contributed by atoms with Crippen LogP contribution in [0.25, 0.3) is 0 Å². The zero-order valence-electron chi connectivity index (χ0n) is 8.74. The molecule has 1 saturated heterocycles. The van der Waals surface area contributed by atoms with Crippen LogP contribution in [0.4, 0.5) is 0 Å². The van der Waals surface area contributed by atoms with Gasteiger partial charge in [0.15, 0.2) is 0 Å². The molecule has 2 nitrogen and oxygen atoms in total. The summed E-state index contributed by atoms with van der Waals surface area (Å²) in [6, 6.07) is 0. The van der Waals surface area contributed by atoms with Crippen molar-refractivity contribution in [3.05, 3.63) is 0 Å². The van der Waals surface area contributed by atoms with Crippen LogP contribution in [0.1, 0.15) is 33.6 Å². The summed E-state index contributed by atoms with van der Waals surface area (Å²) in [4.78, 5) is 0. The highest BCUT2D eigenvalue weighted by Crippen LogP contribution is 2.38. The summed E-state index contributed by atoms with van der Waals surface area (Å²) in [6.07, 6.45) is 2.53. The lowest BCUT2D eigenvalue weighted by atomic mass is 9.70. The van der Waals surface area contributed by atoms with Gasteiger partial charge in [0.1, 0.15) is 0 Å². The van der Waals surface area contributed by atoms with Crippen LogP contribution in [0.5, 0.6) is 0 Å². The van der Waals surface area contributed by atoms with Crippen molar-refractivity contribution in [3.63, 3.8) is 0 Å². The Morgan fingerprint density at radius 1 is 1.42 bits per heavy atom. The molecule has 0 spiro atoms. The number of piperidine rings is 1. The summed E-state index contributed by atoms with van der Waals surface area (Å²) in [7, 11) is 1.81. The number of hydrogen-bond donors (Lipinski definition) is 1. The van der Waals surface area contributed by atoms with Crippen LogP contribution in [0.3, 0.4) is 0 Å². The number of nitrogens with one attached hydrogen (secondary N) is 1. The van der Waals surface area contributed by atoms with Gasteiger partial charge >= 0.3 is 0 Å². The Bertz CT molecular complexity index is 148. The van der Waals surface area contributed by atoms with Crippen LogP contribution in [0.2, 0.25) is 0 Å². The maximum Gasteiger partial charge on any atom is 0.0688 e. The summed E-state index contributed by atoms with van der Waals surface area (Å²) < 4.78 is 5.54. The average Bonchev–Trinajstić information content (AvgIpc) is 2.06. The van der Waals surface area contributed by atoms with Gasteiger partial charge in [-0.3, -0.25) is 0 Å². The van der Waals surface area contributed by atoms with Crippen molar-refractivity contribution in [2.45, 2.75) is 39.2 Å². The fourth-order valence-corrected chi connectivity index (χ4v) is 1.82. The van der Waals surface area contributed by atoms with Crippen LogP contribution >= 0.6 is 0 Å². The molecule has 12 heavy (non-hydrogen) atoms. The van der Waals surface area contributed by atoms with Gasteiger partial charge in [0.05, 0.1) is 5.60 Å². The van der Waals surface area contributed by atoms with E-state index in [1.807, 2.05) is 0 Å². The Balaban J connectivity index is 2.68. The van der Waals surface area contributed by atoms with Crippen LogP contribution in [0.15, 0.2) is 0 Å². The lowest BCUT2D eigenvalue weighted by Gasteiger charge is -2.46. The van der Waals surface area contributed by atoms with Gasteiger partial charge in [0, 0.05) is 19.1 Å². The van der Waals surface area contributed by atoms with E-state index >= 15 is 0 Å². The van der Waals surface area contributed by atoms with Crippen molar-refractivity contribution in [2.24, 2.45) is 5.41 Å². The second-order valence-electron chi connectivity index (χ2n) is 4.56. The second-order valence-corrected chi connectivity index (χ2v) is 4.56. The first-order valence-corrected chi connectivity index (χ1v) is 4.78. The molecule has 1 aliphatic heterocycles. The van der Waals surface area contributed by atoms with Crippen LogP contribution in [-0.4, -0.2) is 25.8 Å². The highest BCUT2D eigenvalue weighted by molar-refractivity contribution is 4.94. The zero-order valence-corrected chi connectivity index (χ0v) is 8.74. The first-order valence-electron chi connectivity index (χ1n) is 4.78. The van der Waals surface area contributed by atoms with Gasteiger partial charge in [-0.15, -0.1) is 0 Å². The normalized spacial score (nSPS) is 32.0. The lowest BCUT2D eigenvalue weighted by molar-refractivity contribution is -0.0886. The Labute approximate surface area is 75.7 Å². The molecule has 0 aliphatic carbocycles. The summed E-state index contributed by atoms with van der Waals surface area (Å²) in [6.45, 7) is 8.91. The summed E-state index contributed by atoms with van der Waals surface area (Å²) in [5.41, 5.74) is 0.278.